The molecular weight excluding hydrogens is 207 g/mol. The first-order valence-corrected chi connectivity index (χ1v) is 4.78. The van der Waals surface area contributed by atoms with Crippen molar-refractivity contribution in [1.82, 2.24) is 0 Å². The second-order valence-electron chi connectivity index (χ2n) is 2.05. The molecule has 0 aromatic carbocycles. The van der Waals surface area contributed by atoms with E-state index in [-0.39, 0.29) is 35.3 Å². The molecule has 0 saturated heterocycles. The molecule has 1 heterocycles. The monoisotopic (exact) mass is 214 g/mol. The third kappa shape index (κ3) is 4.47. The molecule has 0 amide bonds. The Labute approximate surface area is 97.5 Å². The fourth-order valence-corrected chi connectivity index (χ4v) is 0.930. The van der Waals surface area contributed by atoms with Gasteiger partial charge in [-0.1, -0.05) is 0 Å². The fourth-order valence-electron chi connectivity index (χ4n) is 0.573. The first kappa shape index (κ1) is 12.7. The Morgan fingerprint density at radius 3 is 2.54 bits per heavy atom. The van der Waals surface area contributed by atoms with Crippen molar-refractivity contribution >= 4 is 45.6 Å². The predicted octanol–water partition coefficient (Wildman–Crippen LogP) is -0.252. The Balaban J connectivity index is 0.00000144. The van der Waals surface area contributed by atoms with Gasteiger partial charge in [0.05, 0.1) is 12.5 Å². The van der Waals surface area contributed by atoms with Crippen LogP contribution in [0.3, 0.4) is 0 Å². The molecule has 7 heteroatoms. The summed E-state index contributed by atoms with van der Waals surface area (Å²) in [6, 6.07) is 2.77. The summed E-state index contributed by atoms with van der Waals surface area (Å²) in [7, 11) is -3.76. The van der Waals surface area contributed by atoms with Crippen LogP contribution in [0.15, 0.2) is 22.8 Å². The van der Waals surface area contributed by atoms with E-state index in [9.17, 15) is 13.2 Å². The van der Waals surface area contributed by atoms with Crippen LogP contribution in [0.4, 0.5) is 0 Å². The summed E-state index contributed by atoms with van der Waals surface area (Å²) in [5.41, 5.74) is 0. The zero-order valence-electron chi connectivity index (χ0n) is 6.18. The van der Waals surface area contributed by atoms with Crippen molar-refractivity contribution in [1.29, 1.82) is 0 Å². The molecule has 0 atom stereocenters. The minimum atomic E-state index is -3.76. The van der Waals surface area contributed by atoms with Gasteiger partial charge in [0.2, 0.25) is 5.76 Å². The molecule has 5 nitrogen and oxygen atoms in total. The summed E-state index contributed by atoms with van der Waals surface area (Å²) in [5.74, 6) is -1.15. The summed E-state index contributed by atoms with van der Waals surface area (Å²) in [6.07, 6.45) is 2.03. The van der Waals surface area contributed by atoms with Gasteiger partial charge in [-0.15, -0.1) is 0 Å². The van der Waals surface area contributed by atoms with Gasteiger partial charge in [-0.05, 0) is 12.1 Å². The Hall–Kier alpha value is -0.300. The standard InChI is InChI=1S/C6H6O5S.Na.H/c1-12(8,9)11-6(7)5-3-2-4-10-5;;/h2-4H,1H3;;. The molecule has 0 unspecified atom stereocenters. The zero-order chi connectivity index (χ0) is 9.19. The van der Waals surface area contributed by atoms with Crippen molar-refractivity contribution < 1.29 is 21.8 Å². The van der Waals surface area contributed by atoms with Gasteiger partial charge in [0.15, 0.2) is 0 Å². The molecule has 68 valence electrons. The van der Waals surface area contributed by atoms with Crippen LogP contribution in [0.1, 0.15) is 10.6 Å². The van der Waals surface area contributed by atoms with Crippen LogP contribution >= 0.6 is 0 Å². The number of furan rings is 1. The number of hydrogen-bond donors (Lipinski definition) is 0. The van der Waals surface area contributed by atoms with E-state index >= 15 is 0 Å². The van der Waals surface area contributed by atoms with E-state index in [0.29, 0.717) is 0 Å². The molecule has 0 aliphatic rings. The van der Waals surface area contributed by atoms with Crippen LogP contribution in [-0.2, 0) is 14.3 Å². The normalized spacial score (nSPS) is 10.2. The average molecular weight is 214 g/mol. The average Bonchev–Trinajstić information content (AvgIpc) is 2.32. The fraction of sp³-hybridized carbons (Fsp3) is 0.167. The molecule has 0 aliphatic carbocycles. The summed E-state index contributed by atoms with van der Waals surface area (Å²) in [5, 5.41) is 0. The van der Waals surface area contributed by atoms with Crippen LogP contribution in [0, 0.1) is 0 Å². The third-order valence-corrected chi connectivity index (χ3v) is 1.40. The van der Waals surface area contributed by atoms with E-state index in [2.05, 4.69) is 8.60 Å². The number of carbonyl (C=O) groups is 1. The number of carbonyl (C=O) groups excluding carboxylic acids is 1. The van der Waals surface area contributed by atoms with Crippen LogP contribution in [-0.4, -0.2) is 50.2 Å². The maximum absolute atomic E-state index is 10.8. The van der Waals surface area contributed by atoms with E-state index in [4.69, 9.17) is 0 Å². The van der Waals surface area contributed by atoms with Gasteiger partial charge >= 0.3 is 45.6 Å². The van der Waals surface area contributed by atoms with Crippen molar-refractivity contribution in [2.75, 3.05) is 6.26 Å². The molecule has 0 radical (unpaired) electrons. The quantitative estimate of drug-likeness (QED) is 0.501. The van der Waals surface area contributed by atoms with Crippen LogP contribution in [0.5, 0.6) is 0 Å². The minimum absolute atomic E-state index is 0. The summed E-state index contributed by atoms with van der Waals surface area (Å²) >= 11 is 0. The Kier molecular flexibility index (Phi) is 4.69. The van der Waals surface area contributed by atoms with Crippen molar-refractivity contribution in [2.24, 2.45) is 0 Å². The second kappa shape index (κ2) is 4.80. The second-order valence-corrected chi connectivity index (χ2v) is 3.63. The molecule has 0 N–H and O–H groups in total. The van der Waals surface area contributed by atoms with Crippen LogP contribution in [0.25, 0.3) is 0 Å². The van der Waals surface area contributed by atoms with Crippen molar-refractivity contribution in [2.45, 2.75) is 0 Å². The molecule has 0 saturated carbocycles. The van der Waals surface area contributed by atoms with Crippen molar-refractivity contribution in [3.8, 4) is 0 Å². The molecule has 0 fully saturated rings. The molecule has 0 bridgehead atoms. The Morgan fingerprint density at radius 1 is 1.54 bits per heavy atom. The first-order valence-electron chi connectivity index (χ1n) is 2.96. The van der Waals surface area contributed by atoms with Gasteiger partial charge in [-0.3, -0.25) is 0 Å². The van der Waals surface area contributed by atoms with Gasteiger partial charge < -0.3 is 8.60 Å². The van der Waals surface area contributed by atoms with E-state index in [0.717, 1.165) is 6.26 Å². The van der Waals surface area contributed by atoms with Crippen molar-refractivity contribution in [3.05, 3.63) is 24.2 Å². The molecule has 1 aromatic rings. The Bertz CT molecular complexity index is 366. The zero-order valence-corrected chi connectivity index (χ0v) is 7.00. The third-order valence-electron chi connectivity index (χ3n) is 0.949. The van der Waals surface area contributed by atoms with E-state index in [1.54, 1.807) is 0 Å². The number of hydrogen-bond acceptors (Lipinski definition) is 5. The van der Waals surface area contributed by atoms with Gasteiger partial charge in [-0.2, -0.15) is 8.42 Å². The molecule has 1 aromatic heterocycles. The van der Waals surface area contributed by atoms with Gasteiger partial charge in [-0.25, -0.2) is 4.79 Å². The topological polar surface area (TPSA) is 73.6 Å². The van der Waals surface area contributed by atoms with Gasteiger partial charge in [0.25, 0.3) is 0 Å². The van der Waals surface area contributed by atoms with Crippen molar-refractivity contribution in [3.63, 3.8) is 0 Å². The molecule has 13 heavy (non-hydrogen) atoms. The summed E-state index contributed by atoms with van der Waals surface area (Å²) < 4.78 is 29.5. The van der Waals surface area contributed by atoms with E-state index in [1.165, 1.54) is 18.4 Å². The molecule has 1 rings (SSSR count). The van der Waals surface area contributed by atoms with Gasteiger partial charge in [0, 0.05) is 0 Å². The first-order chi connectivity index (χ1) is 5.49. The van der Waals surface area contributed by atoms with Gasteiger partial charge in [0.1, 0.15) is 0 Å². The molecule has 0 aliphatic heterocycles. The van der Waals surface area contributed by atoms with Crippen LogP contribution in [0.2, 0.25) is 0 Å². The summed E-state index contributed by atoms with van der Waals surface area (Å²) in [4.78, 5) is 10.8. The Morgan fingerprint density at radius 2 is 2.15 bits per heavy atom. The summed E-state index contributed by atoms with van der Waals surface area (Å²) in [6.45, 7) is 0. The molecule has 0 spiro atoms. The predicted molar refractivity (Wildman–Crippen MR) is 46.1 cm³/mol. The van der Waals surface area contributed by atoms with E-state index < -0.39 is 16.1 Å². The SMILES string of the molecule is CS(=O)(=O)OC(=O)c1ccco1.[NaH]. The number of rotatable bonds is 2. The maximum atomic E-state index is 10.8. The van der Waals surface area contributed by atoms with E-state index in [1.807, 2.05) is 0 Å². The molecular formula is C6H7NaO5S. The van der Waals surface area contributed by atoms with Crippen LogP contribution < -0.4 is 0 Å².